The Morgan fingerprint density at radius 2 is 2.00 bits per heavy atom. The molecule has 2 aromatic heterocycles. The number of hydrogen-bond acceptors (Lipinski definition) is 7. The first kappa shape index (κ1) is 28.9. The number of nitrogens with zero attached hydrogens (tertiary/aromatic N) is 3. The number of alkyl carbamates (subject to hydrolysis) is 1. The molecule has 0 aromatic carbocycles. The zero-order valence-electron chi connectivity index (χ0n) is 22.0. The highest BCUT2D eigenvalue weighted by Crippen LogP contribution is 2.37. The van der Waals surface area contributed by atoms with Crippen LogP contribution in [0.4, 0.5) is 22.4 Å². The Morgan fingerprint density at radius 3 is 2.67 bits per heavy atom. The third-order valence-corrected chi connectivity index (χ3v) is 7.56. The Morgan fingerprint density at radius 1 is 1.26 bits per heavy atom. The molecule has 9 nitrogen and oxygen atoms in total. The molecule has 0 radical (unpaired) electrons. The van der Waals surface area contributed by atoms with Crippen molar-refractivity contribution in [3.63, 3.8) is 0 Å². The van der Waals surface area contributed by atoms with E-state index in [9.17, 15) is 27.2 Å². The number of ether oxygens (including phenoxy) is 1. The second-order valence-electron chi connectivity index (χ2n) is 10.3. The quantitative estimate of drug-likeness (QED) is 0.432. The number of halogens is 4. The van der Waals surface area contributed by atoms with Crippen LogP contribution in [0.3, 0.4) is 0 Å². The van der Waals surface area contributed by atoms with Gasteiger partial charge in [-0.1, -0.05) is 6.92 Å². The molecule has 4 rings (SSSR count). The van der Waals surface area contributed by atoms with E-state index in [1.54, 1.807) is 39.1 Å². The molecule has 2 atom stereocenters. The van der Waals surface area contributed by atoms with Crippen molar-refractivity contribution < 1.29 is 36.7 Å². The fourth-order valence-electron chi connectivity index (χ4n) is 4.63. The highest BCUT2D eigenvalue weighted by molar-refractivity contribution is 7.14. The van der Waals surface area contributed by atoms with E-state index in [0.29, 0.717) is 23.2 Å². The molecule has 3 heterocycles. The summed E-state index contributed by atoms with van der Waals surface area (Å²) < 4.78 is 61.8. The minimum absolute atomic E-state index is 0.0576. The van der Waals surface area contributed by atoms with Crippen LogP contribution < -0.4 is 10.6 Å². The van der Waals surface area contributed by atoms with Gasteiger partial charge in [0.15, 0.2) is 0 Å². The molecule has 0 spiro atoms. The number of hydrogen-bond donors (Lipinski definition) is 2. The predicted octanol–water partition coefficient (Wildman–Crippen LogP) is 5.38. The monoisotopic (exact) mass is 573 g/mol. The van der Waals surface area contributed by atoms with Crippen molar-refractivity contribution in [2.45, 2.75) is 90.3 Å². The fourth-order valence-corrected chi connectivity index (χ4v) is 5.65. The van der Waals surface area contributed by atoms with E-state index in [4.69, 9.17) is 4.74 Å². The number of hydroxylamine groups is 2. The third kappa shape index (κ3) is 6.72. The summed E-state index contributed by atoms with van der Waals surface area (Å²) in [6.07, 6.45) is 4.26. The zero-order chi connectivity index (χ0) is 28.5. The maximum absolute atomic E-state index is 15.0. The van der Waals surface area contributed by atoms with Crippen molar-refractivity contribution >= 4 is 29.4 Å². The van der Waals surface area contributed by atoms with Crippen LogP contribution in [-0.4, -0.2) is 57.1 Å². The molecular formula is C25H31F4N5O4S. The molecule has 214 valence electrons. The number of nitrogens with one attached hydrogen (secondary N) is 2. The van der Waals surface area contributed by atoms with Gasteiger partial charge in [-0.2, -0.15) is 13.9 Å². The van der Waals surface area contributed by atoms with E-state index in [-0.39, 0.29) is 24.4 Å². The minimum Gasteiger partial charge on any atom is -0.444 e. The van der Waals surface area contributed by atoms with Crippen LogP contribution in [0.25, 0.3) is 17.2 Å². The van der Waals surface area contributed by atoms with Crippen molar-refractivity contribution in [2.75, 3.05) is 0 Å². The summed E-state index contributed by atoms with van der Waals surface area (Å²) in [5, 5.41) is 10.2. The molecule has 1 fully saturated rings. The standard InChI is InChI=1S/C25H31F4N5O4S/c1-5-18-14(15-12-30-34-13-33(38-22(26)27)10-8-17(15)34)11-19(39-18)21(35)32-20-16(7-6-9-25(20,28)29)31-23(36)37-24(2,3)4/h8,10-12,16,20,22H,5-7,9,13H2,1-4H3,(H,31,36)(H,32,35)/t16-,20-/m1/s1. The fraction of sp³-hybridized carbons (Fsp3) is 0.560. The molecule has 0 bridgehead atoms. The van der Waals surface area contributed by atoms with Gasteiger partial charge < -0.3 is 15.4 Å². The van der Waals surface area contributed by atoms with Gasteiger partial charge in [-0.15, -0.1) is 11.3 Å². The van der Waals surface area contributed by atoms with Crippen molar-refractivity contribution in [1.82, 2.24) is 25.5 Å². The lowest BCUT2D eigenvalue weighted by Gasteiger charge is -2.38. The van der Waals surface area contributed by atoms with Gasteiger partial charge in [-0.05, 0) is 52.2 Å². The van der Waals surface area contributed by atoms with Crippen LogP contribution >= 0.6 is 11.3 Å². The maximum atomic E-state index is 15.0. The summed E-state index contributed by atoms with van der Waals surface area (Å²) in [6, 6.07) is -1.01. The molecule has 2 aromatic rings. The second-order valence-corrected chi connectivity index (χ2v) is 11.5. The van der Waals surface area contributed by atoms with E-state index in [1.807, 2.05) is 6.92 Å². The highest BCUT2D eigenvalue weighted by atomic mass is 32.1. The topological polar surface area (TPSA) is 97.7 Å². The number of alkyl halides is 4. The predicted molar refractivity (Wildman–Crippen MR) is 136 cm³/mol. The molecule has 1 aliphatic carbocycles. The lowest BCUT2D eigenvalue weighted by molar-refractivity contribution is -0.273. The van der Waals surface area contributed by atoms with Crippen molar-refractivity contribution in [3.8, 4) is 11.1 Å². The van der Waals surface area contributed by atoms with E-state index in [2.05, 4.69) is 20.6 Å². The van der Waals surface area contributed by atoms with Gasteiger partial charge in [0.2, 0.25) is 0 Å². The number of aromatic nitrogens is 2. The van der Waals surface area contributed by atoms with Crippen molar-refractivity contribution in [2.24, 2.45) is 0 Å². The molecule has 2 amide bonds. The summed E-state index contributed by atoms with van der Waals surface area (Å²) in [5.74, 6) is -3.92. The Kier molecular flexibility index (Phi) is 8.26. The molecule has 1 saturated carbocycles. The van der Waals surface area contributed by atoms with E-state index in [1.165, 1.54) is 22.2 Å². The second kappa shape index (κ2) is 11.2. The summed E-state index contributed by atoms with van der Waals surface area (Å²) in [5.41, 5.74) is 1.19. The molecule has 0 unspecified atom stereocenters. The van der Waals surface area contributed by atoms with Gasteiger partial charge in [-0.25, -0.2) is 28.2 Å². The molecule has 0 saturated heterocycles. The van der Waals surface area contributed by atoms with Gasteiger partial charge in [-0.3, -0.25) is 4.79 Å². The summed E-state index contributed by atoms with van der Waals surface area (Å²) in [7, 11) is 0. The van der Waals surface area contributed by atoms with E-state index < -0.39 is 48.6 Å². The molecule has 2 N–H and O–H groups in total. The summed E-state index contributed by atoms with van der Waals surface area (Å²) in [6.45, 7) is 3.87. The van der Waals surface area contributed by atoms with Gasteiger partial charge in [0.25, 0.3) is 11.8 Å². The smallest absolute Gasteiger partial charge is 0.407 e. The number of aryl methyl sites for hydroxylation is 1. The average molecular weight is 574 g/mol. The molecule has 2 aliphatic rings. The molecular weight excluding hydrogens is 542 g/mol. The minimum atomic E-state index is -3.23. The average Bonchev–Trinajstić information content (AvgIpc) is 3.43. The largest absolute Gasteiger partial charge is 0.444 e. The summed E-state index contributed by atoms with van der Waals surface area (Å²) >= 11 is 1.17. The third-order valence-electron chi connectivity index (χ3n) is 6.28. The highest BCUT2D eigenvalue weighted by Gasteiger charge is 2.49. The van der Waals surface area contributed by atoms with Crippen LogP contribution in [0.5, 0.6) is 0 Å². The molecule has 39 heavy (non-hydrogen) atoms. The first-order chi connectivity index (χ1) is 18.3. The normalized spacial score (nSPS) is 20.6. The van der Waals surface area contributed by atoms with Crippen LogP contribution in [0, 0.1) is 0 Å². The number of fused-ring (bicyclic) bond motifs is 1. The van der Waals surface area contributed by atoms with Crippen LogP contribution in [0.2, 0.25) is 0 Å². The Balaban J connectivity index is 1.54. The maximum Gasteiger partial charge on any atom is 0.407 e. The Hall–Kier alpha value is -3.13. The van der Waals surface area contributed by atoms with E-state index >= 15 is 0 Å². The SMILES string of the molecule is CCc1sc(C(=O)N[C@@H]2[C@H](NC(=O)OC(C)(C)C)CCCC2(F)F)cc1-c1cnn2c1C=CN(OC(F)F)C2. The van der Waals surface area contributed by atoms with Gasteiger partial charge >= 0.3 is 12.7 Å². The van der Waals surface area contributed by atoms with Crippen LogP contribution in [-0.2, 0) is 22.7 Å². The van der Waals surface area contributed by atoms with Gasteiger partial charge in [0.05, 0.1) is 22.8 Å². The lowest BCUT2D eigenvalue weighted by atomic mass is 9.86. The van der Waals surface area contributed by atoms with Crippen molar-refractivity contribution in [3.05, 3.63) is 33.9 Å². The molecule has 1 aliphatic heterocycles. The van der Waals surface area contributed by atoms with E-state index in [0.717, 1.165) is 9.94 Å². The number of rotatable bonds is 7. The lowest BCUT2D eigenvalue weighted by Crippen LogP contribution is -2.62. The summed E-state index contributed by atoms with van der Waals surface area (Å²) in [4.78, 5) is 31.0. The first-order valence-corrected chi connectivity index (χ1v) is 13.4. The number of thiophene rings is 1. The van der Waals surface area contributed by atoms with Gasteiger partial charge in [0.1, 0.15) is 18.3 Å². The molecule has 14 heteroatoms. The van der Waals surface area contributed by atoms with Crippen LogP contribution in [0.15, 0.2) is 18.5 Å². The number of amides is 2. The number of carbonyl (C=O) groups is 2. The number of carbonyl (C=O) groups excluding carboxylic acids is 2. The van der Waals surface area contributed by atoms with Gasteiger partial charge in [0, 0.05) is 28.6 Å². The zero-order valence-corrected chi connectivity index (χ0v) is 22.8. The first-order valence-electron chi connectivity index (χ1n) is 12.5. The van der Waals surface area contributed by atoms with Crippen molar-refractivity contribution in [1.29, 1.82) is 0 Å². The van der Waals surface area contributed by atoms with Crippen LogP contribution in [0.1, 0.15) is 67.2 Å². The Labute approximate surface area is 227 Å². The Bertz CT molecular complexity index is 1240.